The van der Waals surface area contributed by atoms with Crippen molar-refractivity contribution >= 4 is 16.8 Å². The van der Waals surface area contributed by atoms with Crippen LogP contribution < -0.4 is 11.3 Å². The summed E-state index contributed by atoms with van der Waals surface area (Å²) in [5.41, 5.74) is 12.9. The number of likely N-dealkylation sites (tertiary alicyclic amines) is 1. The molecule has 7 nitrogen and oxygen atoms in total. The molecule has 1 amide bonds. The maximum absolute atomic E-state index is 13.4. The molecule has 2 aromatic heterocycles. The Bertz CT molecular complexity index is 1500. The van der Waals surface area contributed by atoms with Gasteiger partial charge in [-0.25, -0.2) is 0 Å². The Labute approximate surface area is 236 Å². The van der Waals surface area contributed by atoms with Crippen LogP contribution in [-0.2, 0) is 22.5 Å². The van der Waals surface area contributed by atoms with Crippen molar-refractivity contribution in [1.29, 1.82) is 0 Å². The predicted octanol–water partition coefficient (Wildman–Crippen LogP) is 5.01. The fourth-order valence-electron chi connectivity index (χ4n) is 6.26. The molecule has 0 radical (unpaired) electrons. The highest BCUT2D eigenvalue weighted by Crippen LogP contribution is 2.36. The van der Waals surface area contributed by atoms with Crippen LogP contribution in [0, 0.1) is 6.92 Å². The molecule has 210 valence electrons. The zero-order chi connectivity index (χ0) is 28.1. The van der Waals surface area contributed by atoms with Crippen LogP contribution in [0.5, 0.6) is 0 Å². The van der Waals surface area contributed by atoms with Gasteiger partial charge in [-0.1, -0.05) is 42.5 Å². The molecule has 0 bridgehead atoms. The lowest BCUT2D eigenvalue weighted by atomic mass is 9.91. The maximum Gasteiger partial charge on any atom is 0.255 e. The molecule has 0 aliphatic carbocycles. The lowest BCUT2D eigenvalue weighted by Gasteiger charge is -2.34. The summed E-state index contributed by atoms with van der Waals surface area (Å²) in [6.45, 7) is 5.37. The molecule has 1 unspecified atom stereocenters. The second-order valence-corrected chi connectivity index (χ2v) is 11.0. The third-order valence-electron chi connectivity index (χ3n) is 8.18. The van der Waals surface area contributed by atoms with E-state index in [9.17, 15) is 9.59 Å². The van der Waals surface area contributed by atoms with Crippen molar-refractivity contribution in [2.45, 2.75) is 57.5 Å². The summed E-state index contributed by atoms with van der Waals surface area (Å²) in [6, 6.07) is 19.9. The summed E-state index contributed by atoms with van der Waals surface area (Å²) in [5.74, 6) is 0.432. The number of rotatable bonds is 10. The van der Waals surface area contributed by atoms with Crippen LogP contribution in [0.3, 0.4) is 0 Å². The topological polar surface area (TPSA) is 93.3 Å². The molecule has 7 heteroatoms. The largest absolute Gasteiger partial charge is 0.385 e. The number of H-pyrrole nitrogens is 1. The van der Waals surface area contributed by atoms with Crippen molar-refractivity contribution in [3.63, 3.8) is 0 Å². The number of carbonyl (C=O) groups is 1. The van der Waals surface area contributed by atoms with E-state index < -0.39 is 0 Å². The first-order valence-electron chi connectivity index (χ1n) is 14.3. The average molecular weight is 541 g/mol. The molecule has 3 heterocycles. The number of aryl methyl sites for hydroxylation is 2. The SMILES string of the molecule is COCCCn1c(C2CCCN(C(=O)C[C@H](N)Cc3ccc(-c4ccc[nH]c4=O)cc3)C2)c(C)c2ccccc21. The number of aromatic amines is 1. The van der Waals surface area contributed by atoms with E-state index in [0.717, 1.165) is 56.6 Å². The lowest BCUT2D eigenvalue weighted by molar-refractivity contribution is -0.132. The van der Waals surface area contributed by atoms with Crippen molar-refractivity contribution in [3.8, 4) is 11.1 Å². The fourth-order valence-corrected chi connectivity index (χ4v) is 6.26. The minimum absolute atomic E-state index is 0.108. The van der Waals surface area contributed by atoms with E-state index in [-0.39, 0.29) is 17.5 Å². The number of ether oxygens (including phenoxy) is 1. The van der Waals surface area contributed by atoms with Crippen LogP contribution in [0.4, 0.5) is 0 Å². The standard InChI is InChI=1S/C33H40N4O3/c1-23-28-9-3-4-11-30(28)37(18-7-19-40-2)32(23)26-8-6-17-36(22-26)31(38)21-27(34)20-24-12-14-25(15-13-24)29-10-5-16-35-33(29)39/h3-5,9-16,26-27H,6-8,17-22,34H2,1-2H3,(H,35,39)/t26?,27-/m1/s1. The Balaban J connectivity index is 1.24. The first-order valence-corrected chi connectivity index (χ1v) is 14.3. The van der Waals surface area contributed by atoms with E-state index in [1.165, 1.54) is 22.2 Å². The van der Waals surface area contributed by atoms with Crippen molar-refractivity contribution in [2.24, 2.45) is 5.73 Å². The number of para-hydroxylation sites is 1. The second-order valence-electron chi connectivity index (χ2n) is 11.0. The number of hydrogen-bond acceptors (Lipinski definition) is 4. The Morgan fingerprint density at radius 2 is 1.93 bits per heavy atom. The van der Waals surface area contributed by atoms with Gasteiger partial charge in [0.25, 0.3) is 5.56 Å². The molecule has 2 aromatic carbocycles. The van der Waals surface area contributed by atoms with Crippen LogP contribution in [0.1, 0.15) is 48.4 Å². The number of aromatic nitrogens is 2. The van der Waals surface area contributed by atoms with Crippen molar-refractivity contribution in [3.05, 3.63) is 94.0 Å². The Hall–Kier alpha value is -3.68. The summed E-state index contributed by atoms with van der Waals surface area (Å²) in [4.78, 5) is 30.2. The molecule has 3 N–H and O–H groups in total. The minimum Gasteiger partial charge on any atom is -0.385 e. The number of fused-ring (bicyclic) bond motifs is 1. The molecule has 4 aromatic rings. The van der Waals surface area contributed by atoms with Crippen LogP contribution in [-0.4, -0.2) is 53.2 Å². The number of carbonyl (C=O) groups excluding carboxylic acids is 1. The quantitative estimate of drug-likeness (QED) is 0.277. The Morgan fingerprint density at radius 3 is 2.70 bits per heavy atom. The monoisotopic (exact) mass is 540 g/mol. The molecule has 0 saturated carbocycles. The molecule has 0 spiro atoms. The van der Waals surface area contributed by atoms with Gasteiger partial charge in [0.05, 0.1) is 0 Å². The Kier molecular flexibility index (Phi) is 8.82. The fraction of sp³-hybridized carbons (Fsp3) is 0.394. The van der Waals surface area contributed by atoms with Gasteiger partial charge in [0.2, 0.25) is 5.91 Å². The normalized spacial score (nSPS) is 16.4. The summed E-state index contributed by atoms with van der Waals surface area (Å²) < 4.78 is 7.79. The molecular weight excluding hydrogens is 500 g/mol. The molecule has 1 aliphatic rings. The van der Waals surface area contributed by atoms with Crippen molar-refractivity contribution < 1.29 is 9.53 Å². The zero-order valence-corrected chi connectivity index (χ0v) is 23.6. The van der Waals surface area contributed by atoms with Gasteiger partial charge in [-0.05, 0) is 67.5 Å². The third kappa shape index (κ3) is 6.06. The van der Waals surface area contributed by atoms with Gasteiger partial charge in [-0.15, -0.1) is 0 Å². The van der Waals surface area contributed by atoms with Crippen molar-refractivity contribution in [1.82, 2.24) is 14.5 Å². The van der Waals surface area contributed by atoms with Crippen LogP contribution in [0.2, 0.25) is 0 Å². The van der Waals surface area contributed by atoms with Crippen LogP contribution in [0.15, 0.2) is 71.7 Å². The first kappa shape index (κ1) is 27.9. The predicted molar refractivity (Wildman–Crippen MR) is 161 cm³/mol. The molecule has 40 heavy (non-hydrogen) atoms. The van der Waals surface area contributed by atoms with Crippen LogP contribution in [0.25, 0.3) is 22.0 Å². The molecule has 1 saturated heterocycles. The highest BCUT2D eigenvalue weighted by Gasteiger charge is 2.29. The highest BCUT2D eigenvalue weighted by molar-refractivity contribution is 5.85. The van der Waals surface area contributed by atoms with E-state index in [4.69, 9.17) is 10.5 Å². The maximum atomic E-state index is 13.4. The number of piperidine rings is 1. The summed E-state index contributed by atoms with van der Waals surface area (Å²) >= 11 is 0. The average Bonchev–Trinajstić information content (AvgIpc) is 3.25. The van der Waals surface area contributed by atoms with Gasteiger partial charge in [0.15, 0.2) is 0 Å². The van der Waals surface area contributed by atoms with Gasteiger partial charge in [-0.3, -0.25) is 9.59 Å². The summed E-state index contributed by atoms with van der Waals surface area (Å²) in [6.07, 6.45) is 5.59. The highest BCUT2D eigenvalue weighted by atomic mass is 16.5. The molecule has 2 atom stereocenters. The molecule has 1 aliphatic heterocycles. The van der Waals surface area contributed by atoms with E-state index in [2.05, 4.69) is 40.7 Å². The molecule has 1 fully saturated rings. The van der Waals surface area contributed by atoms with Crippen LogP contribution >= 0.6 is 0 Å². The van der Waals surface area contributed by atoms with Gasteiger partial charge in [0, 0.05) is 80.1 Å². The first-order chi connectivity index (χ1) is 19.5. The number of pyridine rings is 1. The van der Waals surface area contributed by atoms with Gasteiger partial charge in [-0.2, -0.15) is 0 Å². The van der Waals surface area contributed by atoms with Gasteiger partial charge < -0.3 is 24.9 Å². The minimum atomic E-state index is -0.263. The Morgan fingerprint density at radius 1 is 1.12 bits per heavy atom. The summed E-state index contributed by atoms with van der Waals surface area (Å²) in [5, 5.41) is 1.29. The zero-order valence-electron chi connectivity index (χ0n) is 23.6. The van der Waals surface area contributed by atoms with Gasteiger partial charge >= 0.3 is 0 Å². The van der Waals surface area contributed by atoms with Gasteiger partial charge in [0.1, 0.15) is 0 Å². The molecule has 5 rings (SSSR count). The number of nitrogens with two attached hydrogens (primary N) is 1. The number of methoxy groups -OCH3 is 1. The number of amides is 1. The van der Waals surface area contributed by atoms with Crippen molar-refractivity contribution in [2.75, 3.05) is 26.8 Å². The lowest BCUT2D eigenvalue weighted by Crippen LogP contribution is -2.42. The van der Waals surface area contributed by atoms with E-state index in [1.807, 2.05) is 41.3 Å². The van der Waals surface area contributed by atoms with E-state index >= 15 is 0 Å². The number of nitrogens with one attached hydrogen (secondary N) is 1. The number of benzene rings is 2. The second kappa shape index (κ2) is 12.7. The number of nitrogens with zero attached hydrogens (tertiary/aromatic N) is 2. The van der Waals surface area contributed by atoms with E-state index in [0.29, 0.717) is 24.3 Å². The number of hydrogen-bond donors (Lipinski definition) is 2. The summed E-state index contributed by atoms with van der Waals surface area (Å²) in [7, 11) is 1.75. The molecular formula is C33H40N4O3. The van der Waals surface area contributed by atoms with E-state index in [1.54, 1.807) is 13.3 Å². The third-order valence-corrected chi connectivity index (χ3v) is 8.18. The smallest absolute Gasteiger partial charge is 0.255 e.